The van der Waals surface area contributed by atoms with E-state index in [4.69, 9.17) is 11.6 Å². The monoisotopic (exact) mass is 364 g/mol. The van der Waals surface area contributed by atoms with Crippen molar-refractivity contribution in [2.24, 2.45) is 0 Å². The number of aromatic nitrogens is 1. The van der Waals surface area contributed by atoms with Crippen LogP contribution in [0, 0.1) is 6.92 Å². The zero-order valence-corrected chi connectivity index (χ0v) is 12.6. The number of benzene rings is 1. The lowest BCUT2D eigenvalue weighted by Gasteiger charge is -2.12. The summed E-state index contributed by atoms with van der Waals surface area (Å²) in [5, 5.41) is 2.90. The number of nitrogens with one attached hydrogen (secondary N) is 1. The minimum absolute atomic E-state index is 0.0102. The van der Waals surface area contributed by atoms with Crippen LogP contribution in [-0.2, 0) is 6.18 Å². The third-order valence-corrected chi connectivity index (χ3v) is 3.34. The maximum atomic E-state index is 12.5. The fourth-order valence-electron chi connectivity index (χ4n) is 1.59. The first kappa shape index (κ1) is 15.1. The molecule has 2 nitrogen and oxygen atoms in total. The van der Waals surface area contributed by atoms with Gasteiger partial charge in [0.2, 0.25) is 0 Å². The minimum Gasteiger partial charge on any atom is -0.339 e. The molecule has 1 N–H and O–H groups in total. The molecule has 0 aliphatic rings. The van der Waals surface area contributed by atoms with E-state index in [0.29, 0.717) is 11.5 Å². The van der Waals surface area contributed by atoms with Crippen molar-refractivity contribution >= 4 is 39.0 Å². The number of pyridine rings is 1. The van der Waals surface area contributed by atoms with E-state index in [-0.39, 0.29) is 5.02 Å². The molecule has 20 heavy (non-hydrogen) atoms. The first-order valence-electron chi connectivity index (χ1n) is 5.53. The second-order valence-corrected chi connectivity index (χ2v) is 5.46. The fourth-order valence-corrected chi connectivity index (χ4v) is 2.27. The Bertz CT molecular complexity index is 644. The van der Waals surface area contributed by atoms with E-state index in [1.807, 2.05) is 13.0 Å². The van der Waals surface area contributed by atoms with Gasteiger partial charge in [0.25, 0.3) is 0 Å². The zero-order chi connectivity index (χ0) is 14.9. The maximum Gasteiger partial charge on any atom is 0.416 e. The van der Waals surface area contributed by atoms with Gasteiger partial charge in [-0.05, 0) is 52.7 Å². The lowest BCUT2D eigenvalue weighted by atomic mass is 10.2. The molecule has 0 aliphatic heterocycles. The fraction of sp³-hybridized carbons (Fsp3) is 0.154. The molecule has 0 fully saturated rings. The largest absolute Gasteiger partial charge is 0.416 e. The van der Waals surface area contributed by atoms with Crippen LogP contribution in [-0.4, -0.2) is 4.98 Å². The summed E-state index contributed by atoms with van der Waals surface area (Å²) in [6.07, 6.45) is -2.82. The number of nitrogens with zero attached hydrogens (tertiary/aromatic N) is 1. The van der Waals surface area contributed by atoms with Gasteiger partial charge in [-0.1, -0.05) is 11.6 Å². The van der Waals surface area contributed by atoms with Crippen molar-refractivity contribution in [3.8, 4) is 0 Å². The molecule has 0 amide bonds. The summed E-state index contributed by atoms with van der Waals surface area (Å²) in [5.41, 5.74) is 0.432. The topological polar surface area (TPSA) is 24.9 Å². The lowest BCUT2D eigenvalue weighted by molar-refractivity contribution is -0.137. The van der Waals surface area contributed by atoms with Gasteiger partial charge in [0.05, 0.1) is 16.3 Å². The van der Waals surface area contributed by atoms with Gasteiger partial charge < -0.3 is 5.32 Å². The van der Waals surface area contributed by atoms with Gasteiger partial charge in [0.15, 0.2) is 0 Å². The summed E-state index contributed by atoms with van der Waals surface area (Å²) < 4.78 is 38.4. The highest BCUT2D eigenvalue weighted by atomic mass is 79.9. The molecule has 0 spiro atoms. The lowest BCUT2D eigenvalue weighted by Crippen LogP contribution is -2.05. The van der Waals surface area contributed by atoms with E-state index in [1.54, 1.807) is 6.20 Å². The minimum atomic E-state index is -4.41. The molecule has 1 aromatic heterocycles. The standard InChI is InChI=1S/C13H9BrClF3N2/c1-7-4-9(14)6-19-12(7)20-11-3-2-8(5-10(11)15)13(16,17)18/h2-6H,1H3,(H,19,20). The van der Waals surface area contributed by atoms with Gasteiger partial charge in [-0.15, -0.1) is 0 Å². The molecular formula is C13H9BrClF3N2. The van der Waals surface area contributed by atoms with E-state index < -0.39 is 11.7 Å². The molecule has 2 aromatic rings. The van der Waals surface area contributed by atoms with Crippen molar-refractivity contribution in [3.63, 3.8) is 0 Å². The van der Waals surface area contributed by atoms with E-state index in [1.165, 1.54) is 6.07 Å². The SMILES string of the molecule is Cc1cc(Br)cnc1Nc1ccc(C(F)(F)F)cc1Cl. The number of halogens is 5. The van der Waals surface area contributed by atoms with Crippen LogP contribution in [0.3, 0.4) is 0 Å². The van der Waals surface area contributed by atoms with Gasteiger partial charge in [-0.3, -0.25) is 0 Å². The number of hydrogen-bond donors (Lipinski definition) is 1. The number of aryl methyl sites for hydroxylation is 1. The molecule has 106 valence electrons. The first-order valence-corrected chi connectivity index (χ1v) is 6.70. The Morgan fingerprint density at radius 1 is 1.25 bits per heavy atom. The quantitative estimate of drug-likeness (QED) is 0.753. The van der Waals surface area contributed by atoms with Gasteiger partial charge in [-0.2, -0.15) is 13.2 Å². The number of rotatable bonds is 2. The van der Waals surface area contributed by atoms with E-state index in [9.17, 15) is 13.2 Å². The van der Waals surface area contributed by atoms with Crippen molar-refractivity contribution in [2.75, 3.05) is 5.32 Å². The molecule has 0 saturated heterocycles. The van der Waals surface area contributed by atoms with Crippen molar-refractivity contribution in [1.82, 2.24) is 4.98 Å². The Hall–Kier alpha value is -1.27. The highest BCUT2D eigenvalue weighted by Gasteiger charge is 2.30. The summed E-state index contributed by atoms with van der Waals surface area (Å²) in [6.45, 7) is 1.83. The normalized spacial score (nSPS) is 11.5. The second kappa shape index (κ2) is 5.61. The third-order valence-electron chi connectivity index (χ3n) is 2.59. The van der Waals surface area contributed by atoms with Crippen LogP contribution in [0.1, 0.15) is 11.1 Å². The molecular weight excluding hydrogens is 357 g/mol. The van der Waals surface area contributed by atoms with Crippen LogP contribution in [0.2, 0.25) is 5.02 Å². The third kappa shape index (κ3) is 3.43. The number of hydrogen-bond acceptors (Lipinski definition) is 2. The van der Waals surface area contributed by atoms with Crippen LogP contribution < -0.4 is 5.32 Å². The first-order chi connectivity index (χ1) is 9.27. The van der Waals surface area contributed by atoms with Crippen LogP contribution >= 0.6 is 27.5 Å². The van der Waals surface area contributed by atoms with Crippen LogP contribution in [0.4, 0.5) is 24.7 Å². The van der Waals surface area contributed by atoms with Crippen molar-refractivity contribution in [3.05, 3.63) is 51.1 Å². The summed E-state index contributed by atoms with van der Waals surface area (Å²) in [5.74, 6) is 0.537. The highest BCUT2D eigenvalue weighted by molar-refractivity contribution is 9.10. The summed E-state index contributed by atoms with van der Waals surface area (Å²) in [7, 11) is 0. The van der Waals surface area contributed by atoms with E-state index >= 15 is 0 Å². The van der Waals surface area contributed by atoms with E-state index in [0.717, 1.165) is 22.2 Å². The van der Waals surface area contributed by atoms with Gasteiger partial charge in [-0.25, -0.2) is 4.98 Å². The van der Waals surface area contributed by atoms with Crippen molar-refractivity contribution in [2.45, 2.75) is 13.1 Å². The van der Waals surface area contributed by atoms with Crippen LogP contribution in [0.5, 0.6) is 0 Å². The van der Waals surface area contributed by atoms with Crippen molar-refractivity contribution in [1.29, 1.82) is 0 Å². The Kier molecular flexibility index (Phi) is 4.25. The molecule has 0 radical (unpaired) electrons. The predicted octanol–water partition coefficient (Wildman–Crippen LogP) is 5.57. The van der Waals surface area contributed by atoms with Crippen molar-refractivity contribution < 1.29 is 13.2 Å². The summed E-state index contributed by atoms with van der Waals surface area (Å²) in [4.78, 5) is 4.15. The summed E-state index contributed by atoms with van der Waals surface area (Å²) in [6, 6.07) is 4.99. The average Bonchev–Trinajstić information content (AvgIpc) is 2.33. The number of anilines is 2. The van der Waals surface area contributed by atoms with Crippen LogP contribution in [0.25, 0.3) is 0 Å². The average molecular weight is 366 g/mol. The second-order valence-electron chi connectivity index (χ2n) is 4.14. The van der Waals surface area contributed by atoms with Gasteiger partial charge in [0.1, 0.15) is 5.82 Å². The molecule has 0 saturated carbocycles. The molecule has 0 unspecified atom stereocenters. The Morgan fingerprint density at radius 3 is 2.50 bits per heavy atom. The molecule has 7 heteroatoms. The summed E-state index contributed by atoms with van der Waals surface area (Å²) >= 11 is 9.16. The Balaban J connectivity index is 2.30. The molecule has 0 bridgehead atoms. The Morgan fingerprint density at radius 2 is 1.95 bits per heavy atom. The molecule has 0 aliphatic carbocycles. The maximum absolute atomic E-state index is 12.5. The number of alkyl halides is 3. The molecule has 0 atom stereocenters. The smallest absolute Gasteiger partial charge is 0.339 e. The molecule has 1 heterocycles. The predicted molar refractivity (Wildman–Crippen MR) is 76.4 cm³/mol. The van der Waals surface area contributed by atoms with Crippen LogP contribution in [0.15, 0.2) is 34.9 Å². The highest BCUT2D eigenvalue weighted by Crippen LogP contribution is 2.34. The molecule has 1 aromatic carbocycles. The Labute approximate surface area is 127 Å². The zero-order valence-electron chi connectivity index (χ0n) is 10.2. The molecule has 2 rings (SSSR count). The van der Waals surface area contributed by atoms with E-state index in [2.05, 4.69) is 26.2 Å². The van der Waals surface area contributed by atoms with Gasteiger partial charge >= 0.3 is 6.18 Å². The van der Waals surface area contributed by atoms with Gasteiger partial charge in [0, 0.05) is 10.7 Å².